The van der Waals surface area contributed by atoms with Gasteiger partial charge in [-0.1, -0.05) is 6.07 Å². The molecule has 0 aliphatic carbocycles. The highest BCUT2D eigenvalue weighted by Gasteiger charge is 2.30. The Labute approximate surface area is 154 Å². The number of hydrogen-bond donors (Lipinski definition) is 2. The summed E-state index contributed by atoms with van der Waals surface area (Å²) in [5, 5.41) is 4.93. The number of halogens is 3. The third kappa shape index (κ3) is 5.19. The molecule has 0 saturated heterocycles. The second-order valence-corrected chi connectivity index (χ2v) is 5.42. The first kappa shape index (κ1) is 20.2. The van der Waals surface area contributed by atoms with E-state index in [1.165, 1.54) is 33.5 Å². The maximum atomic E-state index is 12.7. The van der Waals surface area contributed by atoms with Crippen molar-refractivity contribution in [2.75, 3.05) is 26.6 Å². The summed E-state index contributed by atoms with van der Waals surface area (Å²) in [7, 11) is 4.41. The molecule has 0 fully saturated rings. The lowest BCUT2D eigenvalue weighted by molar-refractivity contribution is -0.137. The quantitative estimate of drug-likeness (QED) is 0.788. The van der Waals surface area contributed by atoms with Crippen LogP contribution in [-0.2, 0) is 12.7 Å². The van der Waals surface area contributed by atoms with E-state index in [2.05, 4.69) is 10.6 Å². The SMILES string of the molecule is COc1cc(CNC(=O)Nc2cccc(C(F)(F)F)c2)cc(OC)c1OC. The number of urea groups is 1. The number of carbonyl (C=O) groups is 1. The van der Waals surface area contributed by atoms with Crippen LogP contribution in [0.3, 0.4) is 0 Å². The standard InChI is InChI=1S/C18H19F3N2O4/c1-25-14-7-11(8-15(26-2)16(14)27-3)10-22-17(24)23-13-6-4-5-12(9-13)18(19,20)21/h4-9H,10H2,1-3H3,(H2,22,23,24). The van der Waals surface area contributed by atoms with Crippen LogP contribution < -0.4 is 24.8 Å². The van der Waals surface area contributed by atoms with Crippen molar-refractivity contribution in [2.45, 2.75) is 12.7 Å². The number of nitrogens with one attached hydrogen (secondary N) is 2. The molecule has 0 atom stereocenters. The van der Waals surface area contributed by atoms with Gasteiger partial charge in [0.25, 0.3) is 0 Å². The van der Waals surface area contributed by atoms with E-state index in [0.717, 1.165) is 12.1 Å². The number of carbonyl (C=O) groups excluding carboxylic acids is 1. The van der Waals surface area contributed by atoms with Crippen LogP contribution in [0, 0.1) is 0 Å². The smallest absolute Gasteiger partial charge is 0.416 e. The number of ether oxygens (including phenoxy) is 3. The van der Waals surface area contributed by atoms with Gasteiger partial charge in [0.1, 0.15) is 0 Å². The predicted octanol–water partition coefficient (Wildman–Crippen LogP) is 4.05. The van der Waals surface area contributed by atoms with Crippen LogP contribution in [0.15, 0.2) is 36.4 Å². The molecule has 146 valence electrons. The normalized spacial score (nSPS) is 10.9. The Morgan fingerprint density at radius 3 is 2.15 bits per heavy atom. The fraction of sp³-hybridized carbons (Fsp3) is 0.278. The molecule has 0 aliphatic heterocycles. The Hall–Kier alpha value is -3.10. The average molecular weight is 384 g/mol. The molecule has 2 aromatic rings. The lowest BCUT2D eigenvalue weighted by atomic mass is 10.1. The van der Waals surface area contributed by atoms with Crippen LogP contribution in [0.2, 0.25) is 0 Å². The molecule has 0 unspecified atom stereocenters. The lowest BCUT2D eigenvalue weighted by Gasteiger charge is -2.15. The zero-order valence-corrected chi connectivity index (χ0v) is 14.9. The van der Waals surface area contributed by atoms with E-state index in [4.69, 9.17) is 14.2 Å². The lowest BCUT2D eigenvalue weighted by Crippen LogP contribution is -2.28. The largest absolute Gasteiger partial charge is 0.493 e. The number of benzene rings is 2. The second-order valence-electron chi connectivity index (χ2n) is 5.42. The molecule has 0 spiro atoms. The Balaban J connectivity index is 2.06. The molecule has 0 radical (unpaired) electrons. The van der Waals surface area contributed by atoms with Gasteiger partial charge in [-0.05, 0) is 35.9 Å². The molecule has 0 bridgehead atoms. The molecule has 2 N–H and O–H groups in total. The van der Waals surface area contributed by atoms with Gasteiger partial charge in [-0.2, -0.15) is 13.2 Å². The van der Waals surface area contributed by atoms with Gasteiger partial charge in [0.2, 0.25) is 5.75 Å². The second kappa shape index (κ2) is 8.52. The Morgan fingerprint density at radius 2 is 1.63 bits per heavy atom. The van der Waals surface area contributed by atoms with Crippen molar-refractivity contribution >= 4 is 11.7 Å². The highest BCUT2D eigenvalue weighted by Crippen LogP contribution is 2.38. The van der Waals surface area contributed by atoms with Gasteiger partial charge in [0, 0.05) is 12.2 Å². The van der Waals surface area contributed by atoms with Crippen LogP contribution >= 0.6 is 0 Å². The van der Waals surface area contributed by atoms with Crippen LogP contribution in [0.25, 0.3) is 0 Å². The first-order valence-electron chi connectivity index (χ1n) is 7.79. The number of anilines is 1. The van der Waals surface area contributed by atoms with E-state index < -0.39 is 17.8 Å². The van der Waals surface area contributed by atoms with Gasteiger partial charge < -0.3 is 24.8 Å². The minimum absolute atomic E-state index is 0.0345. The summed E-state index contributed by atoms with van der Waals surface area (Å²) in [5.41, 5.74) is -0.152. The van der Waals surface area contributed by atoms with Crippen molar-refractivity contribution in [3.8, 4) is 17.2 Å². The molecule has 0 heterocycles. The van der Waals surface area contributed by atoms with Gasteiger partial charge >= 0.3 is 12.2 Å². The van der Waals surface area contributed by atoms with Gasteiger partial charge in [0.15, 0.2) is 11.5 Å². The van der Waals surface area contributed by atoms with Crippen molar-refractivity contribution < 1.29 is 32.2 Å². The molecule has 2 rings (SSSR count). The summed E-state index contributed by atoms with van der Waals surface area (Å²) in [5.74, 6) is 1.26. The zero-order valence-electron chi connectivity index (χ0n) is 14.9. The Kier molecular flexibility index (Phi) is 6.38. The van der Waals surface area contributed by atoms with Gasteiger partial charge in [-0.3, -0.25) is 0 Å². The molecule has 27 heavy (non-hydrogen) atoms. The van der Waals surface area contributed by atoms with Crippen LogP contribution in [0.4, 0.5) is 23.7 Å². The number of methoxy groups -OCH3 is 3. The summed E-state index contributed by atoms with van der Waals surface area (Å²) in [6.45, 7) is 0.0987. The molecule has 2 aromatic carbocycles. The molecule has 0 aliphatic rings. The highest BCUT2D eigenvalue weighted by molar-refractivity contribution is 5.89. The molecular weight excluding hydrogens is 365 g/mol. The molecule has 9 heteroatoms. The van der Waals surface area contributed by atoms with Crippen LogP contribution in [0.1, 0.15) is 11.1 Å². The van der Waals surface area contributed by atoms with Crippen molar-refractivity contribution in [1.82, 2.24) is 5.32 Å². The minimum Gasteiger partial charge on any atom is -0.493 e. The molecular formula is C18H19F3N2O4. The predicted molar refractivity (Wildman–Crippen MR) is 93.4 cm³/mol. The summed E-state index contributed by atoms with van der Waals surface area (Å²) in [6.07, 6.45) is -4.48. The van der Waals surface area contributed by atoms with Crippen LogP contribution in [0.5, 0.6) is 17.2 Å². The van der Waals surface area contributed by atoms with E-state index in [-0.39, 0.29) is 12.2 Å². The van der Waals surface area contributed by atoms with Gasteiger partial charge in [-0.15, -0.1) is 0 Å². The maximum Gasteiger partial charge on any atom is 0.416 e. The number of hydrogen-bond acceptors (Lipinski definition) is 4. The molecule has 0 saturated carbocycles. The third-order valence-electron chi connectivity index (χ3n) is 3.63. The van der Waals surface area contributed by atoms with E-state index in [0.29, 0.717) is 22.8 Å². The van der Waals surface area contributed by atoms with Crippen molar-refractivity contribution in [3.63, 3.8) is 0 Å². The van der Waals surface area contributed by atoms with E-state index >= 15 is 0 Å². The highest BCUT2D eigenvalue weighted by atomic mass is 19.4. The van der Waals surface area contributed by atoms with Crippen molar-refractivity contribution in [1.29, 1.82) is 0 Å². The number of alkyl halides is 3. The molecule has 0 aromatic heterocycles. The fourth-order valence-electron chi connectivity index (χ4n) is 2.37. The summed E-state index contributed by atoms with van der Waals surface area (Å²) in [4.78, 5) is 12.0. The Bertz CT molecular complexity index is 784. The monoisotopic (exact) mass is 384 g/mol. The van der Waals surface area contributed by atoms with E-state index in [1.54, 1.807) is 12.1 Å². The molecule has 6 nitrogen and oxygen atoms in total. The first-order valence-corrected chi connectivity index (χ1v) is 7.79. The van der Waals surface area contributed by atoms with Gasteiger partial charge in [-0.25, -0.2) is 4.79 Å². The van der Waals surface area contributed by atoms with Crippen molar-refractivity contribution in [2.24, 2.45) is 0 Å². The number of rotatable bonds is 6. The average Bonchev–Trinajstić information content (AvgIpc) is 2.64. The molecule has 2 amide bonds. The van der Waals surface area contributed by atoms with Gasteiger partial charge in [0.05, 0.1) is 26.9 Å². The summed E-state index contributed by atoms with van der Waals surface area (Å²) < 4.78 is 53.8. The fourth-order valence-corrected chi connectivity index (χ4v) is 2.37. The topological polar surface area (TPSA) is 68.8 Å². The first-order chi connectivity index (χ1) is 12.8. The zero-order chi connectivity index (χ0) is 20.0. The Morgan fingerprint density at radius 1 is 1.00 bits per heavy atom. The van der Waals surface area contributed by atoms with Crippen molar-refractivity contribution in [3.05, 3.63) is 47.5 Å². The maximum absolute atomic E-state index is 12.7. The van der Waals surface area contributed by atoms with Crippen LogP contribution in [-0.4, -0.2) is 27.4 Å². The summed E-state index contributed by atoms with van der Waals surface area (Å²) >= 11 is 0. The number of amides is 2. The third-order valence-corrected chi connectivity index (χ3v) is 3.63. The summed E-state index contributed by atoms with van der Waals surface area (Å²) in [6, 6.07) is 7.05. The van der Waals surface area contributed by atoms with E-state index in [1.807, 2.05) is 0 Å². The minimum atomic E-state index is -4.48. The van der Waals surface area contributed by atoms with E-state index in [9.17, 15) is 18.0 Å².